The van der Waals surface area contributed by atoms with Gasteiger partial charge >= 0.3 is 0 Å². The van der Waals surface area contributed by atoms with Crippen LogP contribution in [0, 0.1) is 0 Å². The van der Waals surface area contributed by atoms with Crippen molar-refractivity contribution in [2.45, 2.75) is 25.3 Å². The van der Waals surface area contributed by atoms with Gasteiger partial charge in [-0.2, -0.15) is 0 Å². The molecule has 1 unspecified atom stereocenters. The zero-order valence-corrected chi connectivity index (χ0v) is 8.21. The van der Waals surface area contributed by atoms with Gasteiger partial charge in [-0.15, -0.1) is 6.58 Å². The van der Waals surface area contributed by atoms with Crippen LogP contribution in [0.15, 0.2) is 12.7 Å². The summed E-state index contributed by atoms with van der Waals surface area (Å²) in [6, 6.07) is 0.403. The Balaban J connectivity index is 3.45. The lowest BCUT2D eigenvalue weighted by atomic mass is 10.1. The Morgan fingerprint density at radius 3 is 2.67 bits per heavy atom. The molecule has 3 heteroatoms. The Morgan fingerprint density at radius 1 is 1.58 bits per heavy atom. The van der Waals surface area contributed by atoms with Gasteiger partial charge in [0.25, 0.3) is 0 Å². The van der Waals surface area contributed by atoms with E-state index in [9.17, 15) is 0 Å². The lowest BCUT2D eigenvalue weighted by Crippen LogP contribution is -2.42. The monoisotopic (exact) mass is 171 g/mol. The van der Waals surface area contributed by atoms with Gasteiger partial charge in [0, 0.05) is 12.6 Å². The van der Waals surface area contributed by atoms with Crippen LogP contribution in [0.1, 0.15) is 19.3 Å². The minimum Gasteiger partial charge on any atom is -0.308 e. The highest BCUT2D eigenvalue weighted by Gasteiger charge is 2.05. The molecule has 3 N–H and O–H groups in total. The summed E-state index contributed by atoms with van der Waals surface area (Å²) in [5.41, 5.74) is 2.82. The van der Waals surface area contributed by atoms with Crippen molar-refractivity contribution >= 4 is 0 Å². The predicted molar refractivity (Wildman–Crippen MR) is 53.7 cm³/mol. The molecule has 0 aliphatic heterocycles. The van der Waals surface area contributed by atoms with Crippen molar-refractivity contribution in [3.8, 4) is 0 Å². The lowest BCUT2D eigenvalue weighted by Gasteiger charge is -2.19. The van der Waals surface area contributed by atoms with E-state index in [1.807, 2.05) is 6.08 Å². The minimum atomic E-state index is 0.403. The molecule has 0 saturated carbocycles. The second-order valence-corrected chi connectivity index (χ2v) is 3.35. The molecule has 72 valence electrons. The molecule has 0 spiro atoms. The second kappa shape index (κ2) is 7.28. The molecule has 0 saturated heterocycles. The Bertz CT molecular complexity index is 112. The van der Waals surface area contributed by atoms with Crippen LogP contribution in [0.5, 0.6) is 0 Å². The molecular formula is C9H21N3. The molecule has 3 nitrogen and oxygen atoms in total. The summed E-state index contributed by atoms with van der Waals surface area (Å²) in [6.07, 6.45) is 5.29. The van der Waals surface area contributed by atoms with Gasteiger partial charge < -0.3 is 4.90 Å². The maximum Gasteiger partial charge on any atom is 0.0337 e. The molecule has 0 aliphatic rings. The number of hydrogen-bond acceptors (Lipinski definition) is 3. The Labute approximate surface area is 75.6 Å². The number of nitrogens with two attached hydrogens (primary N) is 1. The molecule has 0 radical (unpaired) electrons. The summed E-state index contributed by atoms with van der Waals surface area (Å²) >= 11 is 0. The van der Waals surface area contributed by atoms with Crippen molar-refractivity contribution < 1.29 is 0 Å². The number of likely N-dealkylation sites (N-methyl/N-ethyl adjacent to an activating group) is 1. The first-order chi connectivity index (χ1) is 5.70. The fraction of sp³-hybridized carbons (Fsp3) is 0.778. The molecule has 0 rings (SSSR count). The van der Waals surface area contributed by atoms with Crippen LogP contribution in [0.2, 0.25) is 0 Å². The lowest BCUT2D eigenvalue weighted by molar-refractivity contribution is 0.325. The topological polar surface area (TPSA) is 41.3 Å². The molecule has 12 heavy (non-hydrogen) atoms. The first kappa shape index (κ1) is 11.6. The number of nitrogens with one attached hydrogen (secondary N) is 1. The van der Waals surface area contributed by atoms with Crippen LogP contribution in [-0.4, -0.2) is 31.6 Å². The molecule has 0 amide bonds. The second-order valence-electron chi connectivity index (χ2n) is 3.35. The van der Waals surface area contributed by atoms with Gasteiger partial charge in [-0.3, -0.25) is 11.3 Å². The van der Waals surface area contributed by atoms with Crippen LogP contribution < -0.4 is 11.3 Å². The predicted octanol–water partition coefficient (Wildman–Crippen LogP) is 0.736. The van der Waals surface area contributed by atoms with Gasteiger partial charge in [0.05, 0.1) is 0 Å². The zero-order chi connectivity index (χ0) is 9.40. The van der Waals surface area contributed by atoms with Crippen LogP contribution in [0.25, 0.3) is 0 Å². The fourth-order valence-electron chi connectivity index (χ4n) is 1.18. The number of nitrogens with zero attached hydrogens (tertiary/aromatic N) is 1. The van der Waals surface area contributed by atoms with Gasteiger partial charge in [0.2, 0.25) is 0 Å². The molecule has 0 fully saturated rings. The molecule has 0 aromatic rings. The van der Waals surface area contributed by atoms with E-state index in [0.29, 0.717) is 6.04 Å². The van der Waals surface area contributed by atoms with E-state index in [1.54, 1.807) is 0 Å². The number of unbranched alkanes of at least 4 members (excludes halogenated alkanes) is 1. The minimum absolute atomic E-state index is 0.403. The van der Waals surface area contributed by atoms with E-state index < -0.39 is 0 Å². The molecule has 0 aromatic heterocycles. The number of allylic oxidation sites excluding steroid dienone is 1. The fourth-order valence-corrected chi connectivity index (χ4v) is 1.18. The number of hydrazine groups is 1. The number of hydrogen-bond donors (Lipinski definition) is 2. The highest BCUT2D eigenvalue weighted by Crippen LogP contribution is 2.01. The van der Waals surface area contributed by atoms with E-state index in [0.717, 1.165) is 25.8 Å². The van der Waals surface area contributed by atoms with Gasteiger partial charge in [-0.05, 0) is 33.4 Å². The Hall–Kier alpha value is -0.380. The van der Waals surface area contributed by atoms with E-state index in [-0.39, 0.29) is 0 Å². The van der Waals surface area contributed by atoms with E-state index in [2.05, 4.69) is 31.0 Å². The summed E-state index contributed by atoms with van der Waals surface area (Å²) in [5, 5.41) is 0. The van der Waals surface area contributed by atoms with Crippen molar-refractivity contribution in [1.29, 1.82) is 0 Å². The molecule has 1 atom stereocenters. The maximum absolute atomic E-state index is 5.40. The van der Waals surface area contributed by atoms with Gasteiger partial charge in [-0.25, -0.2) is 0 Å². The maximum atomic E-state index is 5.40. The normalized spacial score (nSPS) is 13.3. The highest BCUT2D eigenvalue weighted by molar-refractivity contribution is 4.71. The first-order valence-corrected chi connectivity index (χ1v) is 4.42. The molecular weight excluding hydrogens is 150 g/mol. The molecule has 0 bridgehead atoms. The van der Waals surface area contributed by atoms with Gasteiger partial charge in [0.15, 0.2) is 0 Å². The van der Waals surface area contributed by atoms with Crippen molar-refractivity contribution in [2.24, 2.45) is 5.84 Å². The van der Waals surface area contributed by atoms with Crippen molar-refractivity contribution in [3.05, 3.63) is 12.7 Å². The summed E-state index contributed by atoms with van der Waals surface area (Å²) in [7, 11) is 4.11. The average Bonchev–Trinajstić information content (AvgIpc) is 2.02. The summed E-state index contributed by atoms with van der Waals surface area (Å²) in [5.74, 6) is 5.40. The van der Waals surface area contributed by atoms with Crippen molar-refractivity contribution in [1.82, 2.24) is 10.3 Å². The quantitative estimate of drug-likeness (QED) is 0.257. The van der Waals surface area contributed by atoms with E-state index >= 15 is 0 Å². The third-order valence-electron chi connectivity index (χ3n) is 1.78. The smallest absolute Gasteiger partial charge is 0.0337 e. The van der Waals surface area contributed by atoms with Crippen LogP contribution in [0.3, 0.4) is 0 Å². The average molecular weight is 171 g/mol. The number of rotatable bonds is 7. The standard InChI is InChI=1S/C9H21N3/c1-4-5-6-7-9(11-10)8-12(2)3/h4,9,11H,1,5-8,10H2,2-3H3. The highest BCUT2D eigenvalue weighted by atomic mass is 15.3. The van der Waals surface area contributed by atoms with E-state index in [4.69, 9.17) is 5.84 Å². The molecule has 0 aromatic carbocycles. The molecule has 0 aliphatic carbocycles. The third kappa shape index (κ3) is 6.34. The summed E-state index contributed by atoms with van der Waals surface area (Å²) < 4.78 is 0. The Kier molecular flexibility index (Phi) is 7.05. The molecule has 0 heterocycles. The van der Waals surface area contributed by atoms with Gasteiger partial charge in [-0.1, -0.05) is 6.08 Å². The largest absolute Gasteiger partial charge is 0.308 e. The van der Waals surface area contributed by atoms with Crippen molar-refractivity contribution in [3.63, 3.8) is 0 Å². The first-order valence-electron chi connectivity index (χ1n) is 4.42. The van der Waals surface area contributed by atoms with E-state index in [1.165, 1.54) is 0 Å². The van der Waals surface area contributed by atoms with Crippen LogP contribution in [0.4, 0.5) is 0 Å². The Morgan fingerprint density at radius 2 is 2.25 bits per heavy atom. The van der Waals surface area contributed by atoms with Crippen molar-refractivity contribution in [2.75, 3.05) is 20.6 Å². The SMILES string of the molecule is C=CCCCC(CN(C)C)NN. The summed E-state index contributed by atoms with van der Waals surface area (Å²) in [4.78, 5) is 2.14. The summed E-state index contributed by atoms with van der Waals surface area (Å²) in [6.45, 7) is 4.68. The van der Waals surface area contributed by atoms with Gasteiger partial charge in [0.1, 0.15) is 0 Å². The zero-order valence-electron chi connectivity index (χ0n) is 8.21. The third-order valence-corrected chi connectivity index (χ3v) is 1.78. The van der Waals surface area contributed by atoms with Crippen LogP contribution in [-0.2, 0) is 0 Å². The van der Waals surface area contributed by atoms with Crippen LogP contribution >= 0.6 is 0 Å².